The molecule has 2 amide bonds. The van der Waals surface area contributed by atoms with E-state index >= 15 is 0 Å². The lowest BCUT2D eigenvalue weighted by Crippen LogP contribution is -2.50. The normalized spacial score (nSPS) is 15.2. The highest BCUT2D eigenvalue weighted by Crippen LogP contribution is 2.16. The Hall–Kier alpha value is -2.97. The number of ether oxygens (including phenoxy) is 1. The third-order valence-corrected chi connectivity index (χ3v) is 6.86. The largest absolute Gasteiger partial charge is 0.494 e. The van der Waals surface area contributed by atoms with Gasteiger partial charge in [0.25, 0.3) is 5.91 Å². The summed E-state index contributed by atoms with van der Waals surface area (Å²) < 4.78 is 19.3. The first kappa shape index (κ1) is 29.6. The van der Waals surface area contributed by atoms with Gasteiger partial charge in [-0.1, -0.05) is 26.0 Å². The van der Waals surface area contributed by atoms with Gasteiger partial charge in [0.2, 0.25) is 5.91 Å². The minimum Gasteiger partial charge on any atom is -0.494 e. The van der Waals surface area contributed by atoms with Gasteiger partial charge in [0, 0.05) is 57.8 Å². The lowest BCUT2D eigenvalue weighted by atomic mass is 10.0. The average Bonchev–Trinajstić information content (AvgIpc) is 2.92. The molecular formula is C30H43FN4O3. The molecular weight excluding hydrogens is 483 g/mol. The maximum absolute atomic E-state index is 13.5. The Kier molecular flexibility index (Phi) is 12.0. The average molecular weight is 527 g/mol. The summed E-state index contributed by atoms with van der Waals surface area (Å²) in [5, 5.41) is 2.90. The van der Waals surface area contributed by atoms with Crippen molar-refractivity contribution in [3.63, 3.8) is 0 Å². The summed E-state index contributed by atoms with van der Waals surface area (Å²) in [5.74, 6) is -0.109. The van der Waals surface area contributed by atoms with Gasteiger partial charge in [-0.3, -0.25) is 9.59 Å². The molecule has 0 spiro atoms. The van der Waals surface area contributed by atoms with E-state index in [4.69, 9.17) is 4.74 Å². The van der Waals surface area contributed by atoms with Gasteiger partial charge in [-0.2, -0.15) is 0 Å². The molecule has 2 aromatic rings. The highest BCUT2D eigenvalue weighted by molar-refractivity contribution is 5.97. The number of benzene rings is 2. The first-order valence-electron chi connectivity index (χ1n) is 13.9. The molecule has 0 saturated carbocycles. The minimum atomic E-state index is -0.721. The zero-order chi connectivity index (χ0) is 27.3. The molecule has 2 aromatic carbocycles. The summed E-state index contributed by atoms with van der Waals surface area (Å²) in [6.07, 6.45) is 3.01. The van der Waals surface area contributed by atoms with Gasteiger partial charge in [0.05, 0.1) is 6.61 Å². The Morgan fingerprint density at radius 2 is 1.61 bits per heavy atom. The van der Waals surface area contributed by atoms with Gasteiger partial charge in [-0.25, -0.2) is 4.39 Å². The molecule has 3 rings (SSSR count). The van der Waals surface area contributed by atoms with Crippen molar-refractivity contribution in [2.24, 2.45) is 0 Å². The smallest absolute Gasteiger partial charge is 0.251 e. The summed E-state index contributed by atoms with van der Waals surface area (Å²) in [5.41, 5.74) is 1.25. The molecule has 1 N–H and O–H groups in total. The number of nitrogens with zero attached hydrogens (tertiary/aromatic N) is 3. The van der Waals surface area contributed by atoms with E-state index in [1.165, 1.54) is 24.3 Å². The van der Waals surface area contributed by atoms with Crippen LogP contribution >= 0.6 is 0 Å². The van der Waals surface area contributed by atoms with Crippen LogP contribution in [-0.2, 0) is 11.2 Å². The Bertz CT molecular complexity index is 986. The van der Waals surface area contributed by atoms with Gasteiger partial charge in [-0.15, -0.1) is 0 Å². The number of rotatable bonds is 14. The first-order valence-corrected chi connectivity index (χ1v) is 13.9. The van der Waals surface area contributed by atoms with Crippen LogP contribution in [-0.4, -0.2) is 92.0 Å². The molecule has 1 unspecified atom stereocenters. The predicted molar refractivity (Wildman–Crippen MR) is 149 cm³/mol. The molecule has 1 atom stereocenters. The molecule has 0 aromatic heterocycles. The van der Waals surface area contributed by atoms with Crippen LogP contribution in [0.3, 0.4) is 0 Å². The van der Waals surface area contributed by atoms with Crippen LogP contribution in [0.5, 0.6) is 5.75 Å². The first-order chi connectivity index (χ1) is 18.4. The summed E-state index contributed by atoms with van der Waals surface area (Å²) >= 11 is 0. The van der Waals surface area contributed by atoms with Crippen molar-refractivity contribution in [1.29, 1.82) is 0 Å². The van der Waals surface area contributed by atoms with Gasteiger partial charge < -0.3 is 24.8 Å². The van der Waals surface area contributed by atoms with Crippen molar-refractivity contribution in [2.45, 2.75) is 45.6 Å². The third-order valence-electron chi connectivity index (χ3n) is 6.86. The van der Waals surface area contributed by atoms with E-state index in [1.54, 1.807) is 0 Å². The van der Waals surface area contributed by atoms with Crippen LogP contribution in [0.1, 0.15) is 49.0 Å². The monoisotopic (exact) mass is 526 g/mol. The fourth-order valence-corrected chi connectivity index (χ4v) is 4.64. The van der Waals surface area contributed by atoms with Crippen molar-refractivity contribution in [1.82, 2.24) is 20.0 Å². The number of hydrogen-bond donors (Lipinski definition) is 1. The van der Waals surface area contributed by atoms with E-state index in [2.05, 4.69) is 22.2 Å². The van der Waals surface area contributed by atoms with Crippen LogP contribution in [0, 0.1) is 5.82 Å². The number of hydrogen-bond acceptors (Lipinski definition) is 5. The van der Waals surface area contributed by atoms with E-state index in [0.717, 1.165) is 63.3 Å². The van der Waals surface area contributed by atoms with Crippen molar-refractivity contribution in [3.8, 4) is 5.75 Å². The lowest BCUT2D eigenvalue weighted by molar-refractivity contribution is -0.133. The standard InChI is InChI=1S/C30H43FN4O3/c1-4-15-35(16-5-2)30(37)28(32-29(36)25-9-11-26(31)12-10-25)23-24-7-13-27(14-8-24)38-22-6-17-34-20-18-33(3)19-21-34/h7-14,28H,4-6,15-23H2,1-3H3,(H,32,36). The number of carbonyl (C=O) groups excluding carboxylic acids is 2. The number of carbonyl (C=O) groups is 2. The van der Waals surface area contributed by atoms with E-state index in [-0.39, 0.29) is 5.91 Å². The summed E-state index contributed by atoms with van der Waals surface area (Å²) in [6, 6.07) is 12.4. The van der Waals surface area contributed by atoms with E-state index in [0.29, 0.717) is 31.7 Å². The zero-order valence-corrected chi connectivity index (χ0v) is 23.1. The van der Waals surface area contributed by atoms with Crippen LogP contribution < -0.4 is 10.1 Å². The van der Waals surface area contributed by atoms with E-state index in [9.17, 15) is 14.0 Å². The summed E-state index contributed by atoms with van der Waals surface area (Å²) in [7, 11) is 2.16. The number of amides is 2. The van der Waals surface area contributed by atoms with Gasteiger partial charge in [0.15, 0.2) is 0 Å². The van der Waals surface area contributed by atoms with Gasteiger partial charge in [-0.05, 0) is 68.3 Å². The number of nitrogens with one attached hydrogen (secondary N) is 1. The second-order valence-electron chi connectivity index (χ2n) is 10.1. The Balaban J connectivity index is 1.59. The zero-order valence-electron chi connectivity index (χ0n) is 23.1. The summed E-state index contributed by atoms with van der Waals surface area (Å²) in [4.78, 5) is 33.0. The quantitative estimate of drug-likeness (QED) is 0.379. The molecule has 8 heteroatoms. The van der Waals surface area contributed by atoms with Crippen LogP contribution in [0.4, 0.5) is 4.39 Å². The maximum Gasteiger partial charge on any atom is 0.251 e. The van der Waals surface area contributed by atoms with E-state index in [1.807, 2.05) is 43.0 Å². The van der Waals surface area contributed by atoms with Gasteiger partial charge >= 0.3 is 0 Å². The van der Waals surface area contributed by atoms with Crippen molar-refractivity contribution in [3.05, 3.63) is 65.5 Å². The Morgan fingerprint density at radius 1 is 0.974 bits per heavy atom. The topological polar surface area (TPSA) is 65.1 Å². The molecule has 1 heterocycles. The molecule has 7 nitrogen and oxygen atoms in total. The molecule has 0 aliphatic carbocycles. The SMILES string of the molecule is CCCN(CCC)C(=O)C(Cc1ccc(OCCCN2CCN(C)CC2)cc1)NC(=O)c1ccc(F)cc1. The second-order valence-corrected chi connectivity index (χ2v) is 10.1. The minimum absolute atomic E-state index is 0.103. The van der Waals surface area contributed by atoms with Crippen molar-refractivity contribution in [2.75, 3.05) is 59.5 Å². The van der Waals surface area contributed by atoms with Gasteiger partial charge in [0.1, 0.15) is 17.6 Å². The molecule has 1 aliphatic heterocycles. The molecule has 208 valence electrons. The van der Waals surface area contributed by atoms with Crippen LogP contribution in [0.2, 0.25) is 0 Å². The highest BCUT2D eigenvalue weighted by atomic mass is 19.1. The molecule has 0 radical (unpaired) electrons. The number of piperazine rings is 1. The maximum atomic E-state index is 13.5. The Morgan fingerprint density at radius 3 is 2.21 bits per heavy atom. The number of likely N-dealkylation sites (N-methyl/N-ethyl adjacent to an activating group) is 1. The Labute approximate surface area is 226 Å². The predicted octanol–water partition coefficient (Wildman–Crippen LogP) is 3.83. The summed E-state index contributed by atoms with van der Waals surface area (Å²) in [6.45, 7) is 11.5. The third kappa shape index (κ3) is 9.40. The van der Waals surface area contributed by atoms with Crippen molar-refractivity contribution < 1.29 is 18.7 Å². The van der Waals surface area contributed by atoms with Crippen LogP contribution in [0.15, 0.2) is 48.5 Å². The fraction of sp³-hybridized carbons (Fsp3) is 0.533. The lowest BCUT2D eigenvalue weighted by Gasteiger charge is -2.32. The number of halogens is 1. The molecule has 0 bridgehead atoms. The molecule has 1 fully saturated rings. The molecule has 1 saturated heterocycles. The second kappa shape index (κ2) is 15.4. The highest BCUT2D eigenvalue weighted by Gasteiger charge is 2.26. The van der Waals surface area contributed by atoms with Crippen molar-refractivity contribution >= 4 is 11.8 Å². The van der Waals surface area contributed by atoms with E-state index < -0.39 is 17.8 Å². The van der Waals surface area contributed by atoms with Crippen LogP contribution in [0.25, 0.3) is 0 Å². The molecule has 38 heavy (non-hydrogen) atoms. The fourth-order valence-electron chi connectivity index (χ4n) is 4.64. The molecule has 1 aliphatic rings.